The molecule has 0 unspecified atom stereocenters. The minimum absolute atomic E-state index is 0.564. The lowest BCUT2D eigenvalue weighted by atomic mass is 10.0. The van der Waals surface area contributed by atoms with Crippen molar-refractivity contribution in [3.8, 4) is 17.2 Å². The minimum Gasteiger partial charge on any atom is -0.216 e. The second kappa shape index (κ2) is 5.79. The first-order chi connectivity index (χ1) is 8.83. The number of allylic oxidation sites excluding steroid dienone is 1. The molecule has 2 aromatic carbocycles. The van der Waals surface area contributed by atoms with Crippen molar-refractivity contribution < 1.29 is 4.39 Å². The van der Waals surface area contributed by atoms with Crippen LogP contribution in [0, 0.1) is 11.3 Å². The number of nitriles is 1. The zero-order chi connectivity index (χ0) is 12.8. The second-order valence-corrected chi connectivity index (χ2v) is 3.95. The van der Waals surface area contributed by atoms with Crippen molar-refractivity contribution in [2.45, 2.75) is 6.42 Å². The predicted octanol–water partition coefficient (Wildman–Crippen LogP) is 4.25. The van der Waals surface area contributed by atoms with Crippen LogP contribution in [0.3, 0.4) is 0 Å². The third-order valence-electron chi connectivity index (χ3n) is 2.74. The first kappa shape index (κ1) is 12.1. The van der Waals surface area contributed by atoms with E-state index in [-0.39, 0.29) is 0 Å². The van der Waals surface area contributed by atoms with Gasteiger partial charge in [-0.2, -0.15) is 5.26 Å². The Morgan fingerprint density at radius 1 is 0.944 bits per heavy atom. The van der Waals surface area contributed by atoms with Crippen molar-refractivity contribution in [2.24, 2.45) is 0 Å². The van der Waals surface area contributed by atoms with Crippen molar-refractivity contribution in [3.05, 3.63) is 72.1 Å². The number of rotatable bonds is 3. The summed E-state index contributed by atoms with van der Waals surface area (Å²) in [5, 5.41) is 8.73. The fourth-order valence-electron chi connectivity index (χ4n) is 1.75. The van der Waals surface area contributed by atoms with E-state index in [0.717, 1.165) is 16.7 Å². The molecule has 18 heavy (non-hydrogen) atoms. The maximum atomic E-state index is 11.9. The average Bonchev–Trinajstić information content (AvgIpc) is 2.46. The van der Waals surface area contributed by atoms with Crippen LogP contribution in [0.15, 0.2) is 60.9 Å². The van der Waals surface area contributed by atoms with E-state index in [1.807, 2.05) is 36.4 Å². The second-order valence-electron chi connectivity index (χ2n) is 3.95. The van der Waals surface area contributed by atoms with Crippen LogP contribution in [-0.2, 0) is 6.42 Å². The molecule has 0 aliphatic heterocycles. The molecule has 0 aliphatic carbocycles. The smallest absolute Gasteiger partial charge is 0.0991 e. The maximum Gasteiger partial charge on any atom is 0.0991 e. The predicted molar refractivity (Wildman–Crippen MR) is 70.5 cm³/mol. The van der Waals surface area contributed by atoms with Crippen molar-refractivity contribution in [3.63, 3.8) is 0 Å². The summed E-state index contributed by atoms with van der Waals surface area (Å²) in [4.78, 5) is 0. The summed E-state index contributed by atoms with van der Waals surface area (Å²) in [6.45, 7) is 0. The Labute approximate surface area is 106 Å². The highest BCUT2D eigenvalue weighted by molar-refractivity contribution is 5.64. The van der Waals surface area contributed by atoms with Crippen molar-refractivity contribution in [1.29, 1.82) is 5.26 Å². The van der Waals surface area contributed by atoms with E-state index < -0.39 is 0 Å². The van der Waals surface area contributed by atoms with E-state index in [9.17, 15) is 4.39 Å². The number of benzene rings is 2. The molecule has 0 amide bonds. The van der Waals surface area contributed by atoms with Gasteiger partial charge in [0.2, 0.25) is 0 Å². The molecule has 0 atom stereocenters. The molecule has 0 aromatic heterocycles. The van der Waals surface area contributed by atoms with Gasteiger partial charge in [0.1, 0.15) is 0 Å². The monoisotopic (exact) mass is 237 g/mol. The Bertz CT molecular complexity index is 574. The number of halogens is 1. The van der Waals surface area contributed by atoms with Crippen molar-refractivity contribution in [2.75, 3.05) is 0 Å². The minimum atomic E-state index is 0.564. The molecule has 0 bridgehead atoms. The summed E-state index contributed by atoms with van der Waals surface area (Å²) in [6.07, 6.45) is 2.65. The van der Waals surface area contributed by atoms with Crippen LogP contribution in [-0.4, -0.2) is 0 Å². The van der Waals surface area contributed by atoms with Crippen LogP contribution >= 0.6 is 0 Å². The highest BCUT2D eigenvalue weighted by Crippen LogP contribution is 2.20. The third-order valence-corrected chi connectivity index (χ3v) is 2.74. The largest absolute Gasteiger partial charge is 0.216 e. The molecule has 0 N–H and O–H groups in total. The molecule has 0 heterocycles. The van der Waals surface area contributed by atoms with Gasteiger partial charge in [-0.1, -0.05) is 42.5 Å². The van der Waals surface area contributed by atoms with Gasteiger partial charge in [-0.15, -0.1) is 0 Å². The van der Waals surface area contributed by atoms with Gasteiger partial charge in [-0.05, 0) is 35.2 Å². The Morgan fingerprint density at radius 3 is 2.00 bits per heavy atom. The molecule has 0 aliphatic rings. The summed E-state index contributed by atoms with van der Waals surface area (Å²) in [6, 6.07) is 17.5. The SMILES string of the molecule is N#Cc1ccc(-c2ccc(CC=CF)cc2)cc1. The van der Waals surface area contributed by atoms with Gasteiger partial charge < -0.3 is 0 Å². The standard InChI is InChI=1S/C16H12FN/c17-11-1-2-13-3-7-15(8-4-13)16-9-5-14(12-18)6-10-16/h1,3-11H,2H2. The lowest BCUT2D eigenvalue weighted by Crippen LogP contribution is -1.83. The average molecular weight is 237 g/mol. The number of nitrogens with zero attached hydrogens (tertiary/aromatic N) is 1. The Hall–Kier alpha value is -2.40. The van der Waals surface area contributed by atoms with E-state index in [0.29, 0.717) is 18.3 Å². The van der Waals surface area contributed by atoms with Crippen LogP contribution in [0.4, 0.5) is 4.39 Å². The summed E-state index contributed by atoms with van der Waals surface area (Å²) in [5.74, 6) is 0. The normalized spacial score (nSPS) is 10.4. The summed E-state index contributed by atoms with van der Waals surface area (Å²) in [7, 11) is 0. The molecule has 0 saturated carbocycles. The fourth-order valence-corrected chi connectivity index (χ4v) is 1.75. The molecule has 0 spiro atoms. The quantitative estimate of drug-likeness (QED) is 0.782. The molecule has 0 saturated heterocycles. The molecule has 88 valence electrons. The highest BCUT2D eigenvalue weighted by atomic mass is 19.1. The summed E-state index contributed by atoms with van der Waals surface area (Å²) < 4.78 is 11.9. The van der Waals surface area contributed by atoms with E-state index >= 15 is 0 Å². The summed E-state index contributed by atoms with van der Waals surface area (Å²) >= 11 is 0. The summed E-state index contributed by atoms with van der Waals surface area (Å²) in [5.41, 5.74) is 3.89. The van der Waals surface area contributed by atoms with Crippen LogP contribution in [0.5, 0.6) is 0 Å². The topological polar surface area (TPSA) is 23.8 Å². The molecular weight excluding hydrogens is 225 g/mol. The van der Waals surface area contributed by atoms with E-state index in [2.05, 4.69) is 6.07 Å². The molecule has 2 heteroatoms. The van der Waals surface area contributed by atoms with Crippen LogP contribution < -0.4 is 0 Å². The molecule has 0 fully saturated rings. The van der Waals surface area contributed by atoms with Crippen LogP contribution in [0.1, 0.15) is 11.1 Å². The van der Waals surface area contributed by atoms with Crippen molar-refractivity contribution in [1.82, 2.24) is 0 Å². The molecule has 2 aromatic rings. The van der Waals surface area contributed by atoms with Crippen LogP contribution in [0.25, 0.3) is 11.1 Å². The van der Waals surface area contributed by atoms with Crippen molar-refractivity contribution >= 4 is 0 Å². The number of hydrogen-bond acceptors (Lipinski definition) is 1. The van der Waals surface area contributed by atoms with E-state index in [1.54, 1.807) is 12.1 Å². The Morgan fingerprint density at radius 2 is 1.50 bits per heavy atom. The van der Waals surface area contributed by atoms with Gasteiger partial charge >= 0.3 is 0 Å². The zero-order valence-electron chi connectivity index (χ0n) is 9.81. The van der Waals surface area contributed by atoms with Gasteiger partial charge in [0.15, 0.2) is 0 Å². The molecule has 2 rings (SSSR count). The zero-order valence-corrected chi connectivity index (χ0v) is 9.81. The maximum absolute atomic E-state index is 11.9. The molecular formula is C16H12FN. The van der Waals surface area contributed by atoms with Crippen LogP contribution in [0.2, 0.25) is 0 Å². The highest BCUT2D eigenvalue weighted by Gasteiger charge is 1.98. The first-order valence-corrected chi connectivity index (χ1v) is 5.68. The van der Waals surface area contributed by atoms with Gasteiger partial charge in [0.05, 0.1) is 18.0 Å². The van der Waals surface area contributed by atoms with E-state index in [4.69, 9.17) is 5.26 Å². The molecule has 0 radical (unpaired) electrons. The van der Waals surface area contributed by atoms with Gasteiger partial charge in [0.25, 0.3) is 0 Å². The van der Waals surface area contributed by atoms with Gasteiger partial charge in [-0.25, -0.2) is 4.39 Å². The lowest BCUT2D eigenvalue weighted by Gasteiger charge is -2.03. The molecule has 1 nitrogen and oxygen atoms in total. The lowest BCUT2D eigenvalue weighted by molar-refractivity contribution is 0.716. The number of hydrogen-bond donors (Lipinski definition) is 0. The van der Waals surface area contributed by atoms with E-state index in [1.165, 1.54) is 6.08 Å². The fraction of sp³-hybridized carbons (Fsp3) is 0.0625. The Kier molecular flexibility index (Phi) is 3.88. The Balaban J connectivity index is 2.20. The van der Waals surface area contributed by atoms with Gasteiger partial charge in [-0.3, -0.25) is 0 Å². The third kappa shape index (κ3) is 2.83. The first-order valence-electron chi connectivity index (χ1n) is 5.68. The van der Waals surface area contributed by atoms with Gasteiger partial charge in [0, 0.05) is 0 Å².